The van der Waals surface area contributed by atoms with Crippen LogP contribution in [-0.2, 0) is 0 Å². The maximum absolute atomic E-state index is 5.27. The number of hydrogen-bond acceptors (Lipinski definition) is 5. The van der Waals surface area contributed by atoms with Crippen LogP contribution in [0.4, 0.5) is 6.01 Å². The molecule has 0 saturated carbocycles. The third-order valence-corrected chi connectivity index (χ3v) is 3.39. The Kier molecular flexibility index (Phi) is 4.05. The summed E-state index contributed by atoms with van der Waals surface area (Å²) in [7, 11) is 1.63. The zero-order chi connectivity index (χ0) is 15.4. The van der Waals surface area contributed by atoms with E-state index in [4.69, 9.17) is 9.26 Å². The van der Waals surface area contributed by atoms with Crippen molar-refractivity contribution in [1.29, 1.82) is 0 Å². The molecule has 1 N–H and O–H groups in total. The molecule has 0 saturated heterocycles. The standard InChI is InChI=1S/C17H17N3O2/c1-12(13-7-4-3-5-8-13)18-17-19-16(20-22-17)14-9-6-10-15(11-14)21-2/h3-12H,1-2H3,(H,18,19,20)/t12-/m0/s1. The molecule has 2 aromatic carbocycles. The Balaban J connectivity index is 1.76. The van der Waals surface area contributed by atoms with E-state index in [1.165, 1.54) is 0 Å². The average molecular weight is 295 g/mol. The van der Waals surface area contributed by atoms with E-state index in [1.54, 1.807) is 7.11 Å². The Hall–Kier alpha value is -2.82. The summed E-state index contributed by atoms with van der Waals surface area (Å²) in [4.78, 5) is 4.38. The Bertz CT molecular complexity index is 740. The third-order valence-electron chi connectivity index (χ3n) is 3.39. The number of anilines is 1. The van der Waals surface area contributed by atoms with Crippen molar-refractivity contribution >= 4 is 6.01 Å². The molecule has 1 atom stereocenters. The molecular weight excluding hydrogens is 278 g/mol. The first kappa shape index (κ1) is 14.1. The lowest BCUT2D eigenvalue weighted by molar-refractivity contribution is 0.414. The summed E-state index contributed by atoms with van der Waals surface area (Å²) in [6, 6.07) is 18.1. The number of aromatic nitrogens is 2. The van der Waals surface area contributed by atoms with Gasteiger partial charge < -0.3 is 14.6 Å². The van der Waals surface area contributed by atoms with E-state index < -0.39 is 0 Å². The number of ether oxygens (including phenoxy) is 1. The summed E-state index contributed by atoms with van der Waals surface area (Å²) in [6.45, 7) is 2.05. The SMILES string of the molecule is COc1cccc(-c2noc(N[C@@H](C)c3ccccc3)n2)c1. The summed E-state index contributed by atoms with van der Waals surface area (Å²) in [5, 5.41) is 7.21. The zero-order valence-electron chi connectivity index (χ0n) is 12.5. The largest absolute Gasteiger partial charge is 0.497 e. The van der Waals surface area contributed by atoms with Crippen LogP contribution in [0.2, 0.25) is 0 Å². The number of nitrogens with one attached hydrogen (secondary N) is 1. The van der Waals surface area contributed by atoms with Crippen molar-refractivity contribution in [1.82, 2.24) is 10.1 Å². The van der Waals surface area contributed by atoms with Gasteiger partial charge in [0.15, 0.2) is 0 Å². The topological polar surface area (TPSA) is 60.2 Å². The molecule has 0 aliphatic heterocycles. The predicted molar refractivity (Wildman–Crippen MR) is 84.8 cm³/mol. The highest BCUT2D eigenvalue weighted by molar-refractivity contribution is 5.58. The number of methoxy groups -OCH3 is 1. The summed E-state index contributed by atoms with van der Waals surface area (Å²) >= 11 is 0. The van der Waals surface area contributed by atoms with Crippen molar-refractivity contribution in [3.05, 3.63) is 60.2 Å². The van der Waals surface area contributed by atoms with Gasteiger partial charge in [0.2, 0.25) is 5.82 Å². The van der Waals surface area contributed by atoms with Gasteiger partial charge in [-0.1, -0.05) is 47.6 Å². The van der Waals surface area contributed by atoms with E-state index in [1.807, 2.05) is 49.4 Å². The van der Waals surface area contributed by atoms with Crippen molar-refractivity contribution < 1.29 is 9.26 Å². The Morgan fingerprint density at radius 3 is 2.68 bits per heavy atom. The highest BCUT2D eigenvalue weighted by atomic mass is 16.5. The van der Waals surface area contributed by atoms with E-state index in [-0.39, 0.29) is 6.04 Å². The maximum Gasteiger partial charge on any atom is 0.322 e. The van der Waals surface area contributed by atoms with Gasteiger partial charge in [0.1, 0.15) is 5.75 Å². The normalized spacial score (nSPS) is 11.9. The van der Waals surface area contributed by atoms with Crippen LogP contribution >= 0.6 is 0 Å². The summed E-state index contributed by atoms with van der Waals surface area (Å²) in [5.74, 6) is 1.29. The Morgan fingerprint density at radius 2 is 1.91 bits per heavy atom. The monoisotopic (exact) mass is 295 g/mol. The molecule has 0 fully saturated rings. The van der Waals surface area contributed by atoms with Gasteiger partial charge in [-0.05, 0) is 24.6 Å². The quantitative estimate of drug-likeness (QED) is 0.773. The molecule has 0 aliphatic carbocycles. The van der Waals surface area contributed by atoms with Crippen molar-refractivity contribution in [3.8, 4) is 17.1 Å². The second-order valence-corrected chi connectivity index (χ2v) is 4.93. The first-order chi connectivity index (χ1) is 10.8. The highest BCUT2D eigenvalue weighted by Gasteiger charge is 2.12. The summed E-state index contributed by atoms with van der Waals surface area (Å²) in [5.41, 5.74) is 2.01. The van der Waals surface area contributed by atoms with Gasteiger partial charge in [-0.15, -0.1) is 0 Å². The minimum Gasteiger partial charge on any atom is -0.497 e. The van der Waals surface area contributed by atoms with Crippen LogP contribution in [0.25, 0.3) is 11.4 Å². The van der Waals surface area contributed by atoms with Crippen molar-refractivity contribution in [2.75, 3.05) is 12.4 Å². The molecule has 5 heteroatoms. The van der Waals surface area contributed by atoms with Gasteiger partial charge in [-0.2, -0.15) is 4.98 Å². The lowest BCUT2D eigenvalue weighted by Gasteiger charge is -2.11. The van der Waals surface area contributed by atoms with E-state index in [0.717, 1.165) is 16.9 Å². The van der Waals surface area contributed by atoms with Crippen LogP contribution in [0, 0.1) is 0 Å². The highest BCUT2D eigenvalue weighted by Crippen LogP contribution is 2.24. The molecule has 5 nitrogen and oxygen atoms in total. The molecule has 1 aromatic heterocycles. The van der Waals surface area contributed by atoms with Gasteiger partial charge in [-0.3, -0.25) is 0 Å². The van der Waals surface area contributed by atoms with E-state index in [2.05, 4.69) is 27.6 Å². The maximum atomic E-state index is 5.27. The minimum absolute atomic E-state index is 0.0832. The van der Waals surface area contributed by atoms with E-state index in [0.29, 0.717) is 11.8 Å². The fourth-order valence-electron chi connectivity index (χ4n) is 2.17. The molecule has 22 heavy (non-hydrogen) atoms. The number of rotatable bonds is 5. The van der Waals surface area contributed by atoms with Gasteiger partial charge in [0.25, 0.3) is 0 Å². The minimum atomic E-state index is 0.0832. The van der Waals surface area contributed by atoms with Gasteiger partial charge >= 0.3 is 6.01 Å². The number of nitrogens with zero attached hydrogens (tertiary/aromatic N) is 2. The van der Waals surface area contributed by atoms with Crippen LogP contribution in [-0.4, -0.2) is 17.3 Å². The van der Waals surface area contributed by atoms with Crippen molar-refractivity contribution in [2.45, 2.75) is 13.0 Å². The molecule has 112 valence electrons. The molecule has 0 aliphatic rings. The molecule has 0 radical (unpaired) electrons. The molecule has 0 spiro atoms. The fourth-order valence-corrected chi connectivity index (χ4v) is 2.17. The Labute approximate surface area is 128 Å². The molecule has 3 aromatic rings. The summed E-state index contributed by atoms with van der Waals surface area (Å²) < 4.78 is 10.5. The van der Waals surface area contributed by atoms with Crippen LogP contribution in [0.15, 0.2) is 59.1 Å². The Morgan fingerprint density at radius 1 is 1.09 bits per heavy atom. The first-order valence-electron chi connectivity index (χ1n) is 7.06. The van der Waals surface area contributed by atoms with E-state index in [9.17, 15) is 0 Å². The van der Waals surface area contributed by atoms with Crippen LogP contribution < -0.4 is 10.1 Å². The van der Waals surface area contributed by atoms with E-state index >= 15 is 0 Å². The lowest BCUT2D eigenvalue weighted by atomic mass is 10.1. The van der Waals surface area contributed by atoms with Gasteiger partial charge in [0.05, 0.1) is 13.2 Å². The molecule has 0 unspecified atom stereocenters. The van der Waals surface area contributed by atoms with Crippen LogP contribution in [0.1, 0.15) is 18.5 Å². The van der Waals surface area contributed by atoms with Crippen LogP contribution in [0.3, 0.4) is 0 Å². The summed E-state index contributed by atoms with van der Waals surface area (Å²) in [6.07, 6.45) is 0. The molecule has 0 bridgehead atoms. The number of hydrogen-bond donors (Lipinski definition) is 1. The van der Waals surface area contributed by atoms with Gasteiger partial charge in [0, 0.05) is 5.56 Å². The smallest absolute Gasteiger partial charge is 0.322 e. The predicted octanol–water partition coefficient (Wildman–Crippen LogP) is 3.92. The van der Waals surface area contributed by atoms with Crippen molar-refractivity contribution in [2.24, 2.45) is 0 Å². The molecular formula is C17H17N3O2. The molecule has 1 heterocycles. The molecule has 3 rings (SSSR count). The second-order valence-electron chi connectivity index (χ2n) is 4.93. The second kappa shape index (κ2) is 6.30. The van der Waals surface area contributed by atoms with Gasteiger partial charge in [-0.25, -0.2) is 0 Å². The number of benzene rings is 2. The zero-order valence-corrected chi connectivity index (χ0v) is 12.5. The average Bonchev–Trinajstić information content (AvgIpc) is 3.04. The first-order valence-corrected chi connectivity index (χ1v) is 7.06. The third kappa shape index (κ3) is 3.09. The van der Waals surface area contributed by atoms with Crippen molar-refractivity contribution in [3.63, 3.8) is 0 Å². The molecule has 0 amide bonds. The van der Waals surface area contributed by atoms with Crippen LogP contribution in [0.5, 0.6) is 5.75 Å². The fraction of sp³-hybridized carbons (Fsp3) is 0.176. The lowest BCUT2D eigenvalue weighted by Crippen LogP contribution is -2.06.